The van der Waals surface area contributed by atoms with E-state index in [4.69, 9.17) is 16.0 Å². The maximum Gasteiger partial charge on any atom is 0.397 e. The summed E-state index contributed by atoms with van der Waals surface area (Å²) >= 11 is 0. The monoisotopic (exact) mass is 1220 g/mol. The fraction of sp³-hybridized carbons (Fsp3) is 0.0476. The van der Waals surface area contributed by atoms with Crippen LogP contribution in [-0.2, 0) is 64.9 Å². The molecule has 0 radical (unpaired) electrons. The van der Waals surface area contributed by atoms with E-state index in [0.29, 0.717) is 6.07 Å². The summed E-state index contributed by atoms with van der Waals surface area (Å²) < 4.78 is 197. The molecule has 38 heteroatoms. The maximum atomic E-state index is 13.1. The highest BCUT2D eigenvalue weighted by Crippen LogP contribution is 2.44. The van der Waals surface area contributed by atoms with Crippen molar-refractivity contribution >= 4 is 141 Å². The average Bonchev–Trinajstić information content (AvgIpc) is 3.36. The maximum absolute atomic E-state index is 13.1. The Morgan fingerprint density at radius 1 is 0.487 bits per heavy atom. The number of anilines is 9. The molecule has 0 atom stereocenters. The van der Waals surface area contributed by atoms with Crippen LogP contribution < -0.4 is 32.7 Å². The van der Waals surface area contributed by atoms with Crippen LogP contribution in [0.2, 0.25) is 0 Å². The molecule has 0 saturated heterocycles. The van der Waals surface area contributed by atoms with Crippen molar-refractivity contribution in [3.63, 3.8) is 0 Å². The summed E-state index contributed by atoms with van der Waals surface area (Å²) in [5.74, 6) is -2.61. The third-order valence-electron chi connectivity index (χ3n) is 10.2. The summed E-state index contributed by atoms with van der Waals surface area (Å²) in [5.41, 5.74) is 9.11. The van der Waals surface area contributed by atoms with E-state index in [0.717, 1.165) is 48.5 Å². The topological polar surface area (TPSA) is 521 Å². The highest BCUT2D eigenvalue weighted by Gasteiger charge is 2.24. The molecule has 13 N–H and O–H groups in total. The number of aromatic nitrogens is 3. The molecule has 0 spiro atoms. The second-order valence-electron chi connectivity index (χ2n) is 15.9. The molecule has 1 heterocycles. The van der Waals surface area contributed by atoms with Gasteiger partial charge in [0.15, 0.2) is 9.84 Å². The fourth-order valence-corrected chi connectivity index (χ4v) is 10.4. The number of hydrogen-bond acceptors (Lipinski definition) is 26. The minimum atomic E-state index is -5.21. The predicted octanol–water partition coefficient (Wildman–Crippen LogP) is 5.93. The Bertz CT molecular complexity index is 4290. The number of hydrogen-bond donors (Lipinski definition) is 11. The van der Waals surface area contributed by atoms with E-state index >= 15 is 0 Å². The molecule has 0 bridgehead atoms. The van der Waals surface area contributed by atoms with Crippen molar-refractivity contribution in [3.05, 3.63) is 127 Å². The van der Waals surface area contributed by atoms with Crippen molar-refractivity contribution in [2.24, 2.45) is 20.5 Å². The highest BCUT2D eigenvalue weighted by molar-refractivity contribution is 7.91. The molecule has 0 aliphatic rings. The van der Waals surface area contributed by atoms with Crippen LogP contribution in [-0.4, -0.2) is 106 Å². The number of nitrogen functional groups attached to an aromatic ring is 2. The third kappa shape index (κ3) is 15.6. The minimum Gasteiger partial charge on any atom is -0.396 e. The molecule has 1 aromatic heterocycles. The lowest BCUT2D eigenvalue weighted by molar-refractivity contribution is 0.102. The van der Waals surface area contributed by atoms with Gasteiger partial charge in [-0.3, -0.25) is 27.6 Å². The van der Waals surface area contributed by atoms with Gasteiger partial charge in [0.2, 0.25) is 17.8 Å². The van der Waals surface area contributed by atoms with Gasteiger partial charge < -0.3 is 32.7 Å². The average molecular weight is 1220 g/mol. The molecule has 0 saturated carbocycles. The van der Waals surface area contributed by atoms with Gasteiger partial charge in [0, 0.05) is 28.3 Å². The number of sulfone groups is 1. The first-order chi connectivity index (χ1) is 37.2. The fourth-order valence-electron chi connectivity index (χ4n) is 6.59. The molecule has 0 aliphatic carbocycles. The number of nitrogens with two attached hydrogens (primary N) is 2. The van der Waals surface area contributed by atoms with Gasteiger partial charge in [-0.25, -0.2) is 12.6 Å². The molecule has 7 rings (SSSR count). The Morgan fingerprint density at radius 2 is 0.963 bits per heavy atom. The van der Waals surface area contributed by atoms with Gasteiger partial charge >= 0.3 is 10.4 Å². The first-order valence-electron chi connectivity index (χ1n) is 21.4. The van der Waals surface area contributed by atoms with Gasteiger partial charge in [-0.1, -0.05) is 18.2 Å². The van der Waals surface area contributed by atoms with Crippen LogP contribution in [0.3, 0.4) is 0 Å². The van der Waals surface area contributed by atoms with Gasteiger partial charge in [0.1, 0.15) is 26.9 Å². The van der Waals surface area contributed by atoms with Crippen molar-refractivity contribution in [3.8, 4) is 0 Å². The van der Waals surface area contributed by atoms with Crippen molar-refractivity contribution in [1.82, 2.24) is 15.0 Å². The van der Waals surface area contributed by atoms with Crippen LogP contribution in [0.1, 0.15) is 10.4 Å². The molecular formula is C42H37N13O19S6. The largest absolute Gasteiger partial charge is 0.397 e. The van der Waals surface area contributed by atoms with Gasteiger partial charge in [-0.15, -0.1) is 15.3 Å². The number of amides is 1. The second-order valence-corrected chi connectivity index (χ2v) is 24.7. The summed E-state index contributed by atoms with van der Waals surface area (Å²) in [4.78, 5) is 22.5. The van der Waals surface area contributed by atoms with E-state index in [1.165, 1.54) is 66.7 Å². The summed E-state index contributed by atoms with van der Waals surface area (Å²) in [6.45, 7) is -0.886. The molecule has 0 unspecified atom stereocenters. The lowest BCUT2D eigenvalue weighted by atomic mass is 10.2. The van der Waals surface area contributed by atoms with E-state index in [2.05, 4.69) is 60.9 Å². The Balaban J connectivity index is 1.17. The molecule has 32 nitrogen and oxygen atoms in total. The molecule has 1 amide bonds. The number of nitrogens with one attached hydrogen (secondary N) is 4. The Hall–Kier alpha value is -8.54. The quantitative estimate of drug-likeness (QED) is 0.0225. The predicted molar refractivity (Wildman–Crippen MR) is 282 cm³/mol. The minimum absolute atomic E-state index is 0.00127. The lowest BCUT2D eigenvalue weighted by Gasteiger charge is -2.13. The SMILES string of the molecule is Nc1c(N=Nc2cc(Nc3nc(Nc4cccc(S(=O)(=O)O)c4)nc(Nc4cccc(S(=O)(=O)O)c4)n3)ccc2S(=O)(=O)O)cc(S(=O)(=O)O)c(N)c1N=Nc1ccc(C(=O)Nc2cccc(S(=O)(=O)CCOS(=O)(=O)O)c2)cc1. The number of rotatable bonds is 21. The van der Waals surface area contributed by atoms with E-state index in [1.54, 1.807) is 0 Å². The summed E-state index contributed by atoms with van der Waals surface area (Å²) in [6.07, 6.45) is 0. The first-order valence-corrected chi connectivity index (χ1v) is 30.2. The number of benzene rings is 6. The normalized spacial score (nSPS) is 12.6. The molecular weight excluding hydrogens is 1180 g/mol. The van der Waals surface area contributed by atoms with Crippen molar-refractivity contribution in [2.75, 3.05) is 45.1 Å². The molecule has 6 aromatic carbocycles. The zero-order chi connectivity index (χ0) is 58.6. The summed E-state index contributed by atoms with van der Waals surface area (Å²) in [7, 11) is -28.7. The Morgan fingerprint density at radius 3 is 1.46 bits per heavy atom. The highest BCUT2D eigenvalue weighted by atomic mass is 32.3. The summed E-state index contributed by atoms with van der Waals surface area (Å²) in [5, 5.41) is 26.3. The summed E-state index contributed by atoms with van der Waals surface area (Å²) in [6, 6.07) is 23.0. The van der Waals surface area contributed by atoms with Crippen molar-refractivity contribution in [1.29, 1.82) is 0 Å². The van der Waals surface area contributed by atoms with Crippen LogP contribution in [0, 0.1) is 0 Å². The lowest BCUT2D eigenvalue weighted by Crippen LogP contribution is -2.16. The Kier molecular flexibility index (Phi) is 17.0. The van der Waals surface area contributed by atoms with E-state index in [-0.39, 0.29) is 56.7 Å². The van der Waals surface area contributed by atoms with Gasteiger partial charge in [0.25, 0.3) is 46.4 Å². The molecule has 0 fully saturated rings. The molecule has 80 heavy (non-hydrogen) atoms. The smallest absolute Gasteiger partial charge is 0.396 e. The van der Waals surface area contributed by atoms with Crippen LogP contribution >= 0.6 is 0 Å². The van der Waals surface area contributed by atoms with E-state index in [1.807, 2.05) is 0 Å². The van der Waals surface area contributed by atoms with Crippen LogP contribution in [0.5, 0.6) is 0 Å². The van der Waals surface area contributed by atoms with E-state index in [9.17, 15) is 73.5 Å². The van der Waals surface area contributed by atoms with Crippen molar-refractivity contribution < 1.29 is 82.2 Å². The van der Waals surface area contributed by atoms with Crippen LogP contribution in [0.25, 0.3) is 0 Å². The number of nitrogens with zero attached hydrogens (tertiary/aromatic N) is 7. The van der Waals surface area contributed by atoms with Gasteiger partial charge in [0.05, 0.1) is 44.1 Å². The molecule has 0 aliphatic heterocycles. The standard InChI is InChI=1S/C42H37N13O19S6/c43-36-33(22-35(79(68,69)70)37(44)38(36)55-52-24-12-10-23(11-13-24)39(56)45-25-4-1-7-29(18-25)75(57,58)17-16-74-80(71,72)73)54-53-32-21-28(14-15-34(32)78(65,66)67)48-42-50-40(46-26-5-2-8-30(19-26)76(59,60)61)49-41(51-42)47-27-6-3-9-31(20-27)77(62,63)64/h1-15,18-22H,16-17,43-44H2,(H,45,56)(H,59,60,61)(H,62,63,64)(H,65,66,67)(H,68,69,70)(H,71,72,73)(H3,46,47,48,49,50,51). The van der Waals surface area contributed by atoms with Gasteiger partial charge in [-0.2, -0.15) is 62.2 Å². The third-order valence-corrected chi connectivity index (χ3v) is 15.8. The number of carbonyl (C=O) groups excluding carboxylic acids is 1. The number of carbonyl (C=O) groups is 1. The zero-order valence-corrected chi connectivity index (χ0v) is 44.5. The van der Waals surface area contributed by atoms with Gasteiger partial charge in [-0.05, 0) is 103 Å². The van der Waals surface area contributed by atoms with Crippen LogP contribution in [0.4, 0.5) is 74.7 Å². The van der Waals surface area contributed by atoms with E-state index < -0.39 is 127 Å². The number of azo groups is 2. The first kappa shape index (κ1) is 59.1. The second kappa shape index (κ2) is 23.0. The zero-order valence-electron chi connectivity index (χ0n) is 39.6. The van der Waals surface area contributed by atoms with Crippen molar-refractivity contribution in [2.45, 2.75) is 24.5 Å². The molecule has 7 aromatic rings. The molecule has 420 valence electrons. The Labute approximate surface area is 453 Å². The van der Waals surface area contributed by atoms with Crippen LogP contribution in [0.15, 0.2) is 166 Å².